The number of aromatic nitrogens is 2. The number of nitrogens with zero attached hydrogens (tertiary/aromatic N) is 2. The van der Waals surface area contributed by atoms with Crippen LogP contribution in [-0.2, 0) is 0 Å². The molecule has 0 aliphatic heterocycles. The molecule has 1 aromatic rings. The van der Waals surface area contributed by atoms with Gasteiger partial charge in [0.25, 0.3) is 0 Å². The Balaban J connectivity index is 2.73. The van der Waals surface area contributed by atoms with E-state index in [1.807, 2.05) is 0 Å². The minimum Gasteiger partial charge on any atom is -0.347 e. The van der Waals surface area contributed by atoms with Crippen molar-refractivity contribution in [3.05, 3.63) is 6.33 Å². The fraction of sp³-hybridized carbons (Fsp3) is 0.667. The number of hydrogen-bond acceptors (Lipinski definition) is 4. The van der Waals surface area contributed by atoms with E-state index in [0.717, 1.165) is 25.4 Å². The van der Waals surface area contributed by atoms with Crippen LogP contribution in [0.5, 0.6) is 0 Å². The topological polar surface area (TPSA) is 37.8 Å². The predicted molar refractivity (Wildman–Crippen MR) is 43.7 cm³/mol. The van der Waals surface area contributed by atoms with E-state index in [2.05, 4.69) is 14.7 Å². The van der Waals surface area contributed by atoms with Crippen molar-refractivity contribution in [1.29, 1.82) is 0 Å². The van der Waals surface area contributed by atoms with Gasteiger partial charge in [-0.2, -0.15) is 17.5 Å². The van der Waals surface area contributed by atoms with Gasteiger partial charge in [-0.05, 0) is 13.8 Å². The molecule has 7 heteroatoms. The number of anilines is 1. The third-order valence-corrected chi connectivity index (χ3v) is 2.07. The molecule has 0 fully saturated rings. The SMILES string of the molecule is CC(C)(Nc1ncns1)C(F)(F)F. The van der Waals surface area contributed by atoms with E-state index in [4.69, 9.17) is 0 Å². The third-order valence-electron chi connectivity index (χ3n) is 1.49. The first-order valence-electron chi connectivity index (χ1n) is 3.44. The van der Waals surface area contributed by atoms with Crippen LogP contribution in [0.3, 0.4) is 0 Å². The van der Waals surface area contributed by atoms with Gasteiger partial charge >= 0.3 is 6.18 Å². The van der Waals surface area contributed by atoms with Gasteiger partial charge in [0.1, 0.15) is 11.9 Å². The average molecular weight is 211 g/mol. The second-order valence-electron chi connectivity index (χ2n) is 2.99. The molecule has 74 valence electrons. The summed E-state index contributed by atoms with van der Waals surface area (Å²) in [5.41, 5.74) is -1.98. The summed E-state index contributed by atoms with van der Waals surface area (Å²) in [6, 6.07) is 0. The van der Waals surface area contributed by atoms with Gasteiger partial charge in [-0.3, -0.25) is 0 Å². The van der Waals surface area contributed by atoms with E-state index >= 15 is 0 Å². The minimum absolute atomic E-state index is 0.169. The molecule has 0 bridgehead atoms. The van der Waals surface area contributed by atoms with E-state index in [9.17, 15) is 13.2 Å². The molecule has 13 heavy (non-hydrogen) atoms. The van der Waals surface area contributed by atoms with Gasteiger partial charge in [-0.25, -0.2) is 4.98 Å². The largest absolute Gasteiger partial charge is 0.410 e. The normalized spacial score (nSPS) is 13.0. The van der Waals surface area contributed by atoms with Gasteiger partial charge in [0.15, 0.2) is 0 Å². The van der Waals surface area contributed by atoms with Crippen LogP contribution in [0.2, 0.25) is 0 Å². The molecular weight excluding hydrogens is 203 g/mol. The van der Waals surface area contributed by atoms with Crippen molar-refractivity contribution in [1.82, 2.24) is 9.36 Å². The Morgan fingerprint density at radius 1 is 1.38 bits per heavy atom. The highest BCUT2D eigenvalue weighted by molar-refractivity contribution is 7.09. The van der Waals surface area contributed by atoms with Crippen LogP contribution in [0.25, 0.3) is 0 Å². The van der Waals surface area contributed by atoms with Crippen LogP contribution in [0.4, 0.5) is 18.3 Å². The Morgan fingerprint density at radius 2 is 2.00 bits per heavy atom. The molecule has 0 atom stereocenters. The van der Waals surface area contributed by atoms with E-state index in [1.165, 1.54) is 6.33 Å². The minimum atomic E-state index is -4.31. The summed E-state index contributed by atoms with van der Waals surface area (Å²) in [6.45, 7) is 2.10. The van der Waals surface area contributed by atoms with E-state index in [-0.39, 0.29) is 5.13 Å². The van der Waals surface area contributed by atoms with Gasteiger partial charge in [0.2, 0.25) is 5.13 Å². The Bertz CT molecular complexity index is 267. The fourth-order valence-electron chi connectivity index (χ4n) is 0.566. The van der Waals surface area contributed by atoms with Crippen molar-refractivity contribution < 1.29 is 13.2 Å². The molecule has 0 aromatic carbocycles. The molecule has 1 N–H and O–H groups in total. The maximum atomic E-state index is 12.3. The molecule has 0 unspecified atom stereocenters. The van der Waals surface area contributed by atoms with Gasteiger partial charge in [-0.1, -0.05) is 0 Å². The zero-order chi connectivity index (χ0) is 10.1. The average Bonchev–Trinajstić information content (AvgIpc) is 2.35. The lowest BCUT2D eigenvalue weighted by atomic mass is 10.1. The maximum Gasteiger partial charge on any atom is 0.410 e. The van der Waals surface area contributed by atoms with E-state index < -0.39 is 11.7 Å². The van der Waals surface area contributed by atoms with Crippen LogP contribution < -0.4 is 5.32 Å². The molecule has 0 spiro atoms. The summed E-state index contributed by atoms with van der Waals surface area (Å²) in [5, 5.41) is 2.43. The molecule has 0 aliphatic rings. The third kappa shape index (κ3) is 2.30. The van der Waals surface area contributed by atoms with Crippen LogP contribution in [0.15, 0.2) is 6.33 Å². The van der Waals surface area contributed by atoms with Crippen molar-refractivity contribution in [2.24, 2.45) is 0 Å². The number of rotatable bonds is 2. The first-order chi connectivity index (χ1) is 5.83. The lowest BCUT2D eigenvalue weighted by Gasteiger charge is -2.28. The molecule has 0 radical (unpaired) electrons. The summed E-state index contributed by atoms with van der Waals surface area (Å²) < 4.78 is 40.5. The number of halogens is 3. The van der Waals surface area contributed by atoms with Crippen LogP contribution in [-0.4, -0.2) is 21.1 Å². The van der Waals surface area contributed by atoms with Crippen molar-refractivity contribution in [3.63, 3.8) is 0 Å². The molecular formula is C6H8F3N3S. The number of hydrogen-bond donors (Lipinski definition) is 1. The zero-order valence-corrected chi connectivity index (χ0v) is 7.83. The zero-order valence-electron chi connectivity index (χ0n) is 7.01. The van der Waals surface area contributed by atoms with Crippen molar-refractivity contribution in [3.8, 4) is 0 Å². The maximum absolute atomic E-state index is 12.3. The first kappa shape index (κ1) is 10.2. The molecule has 0 saturated carbocycles. The van der Waals surface area contributed by atoms with Crippen LogP contribution in [0, 0.1) is 0 Å². The lowest BCUT2D eigenvalue weighted by Crippen LogP contribution is -2.46. The Hall–Kier alpha value is -0.850. The molecule has 1 heterocycles. The first-order valence-corrected chi connectivity index (χ1v) is 4.22. The molecule has 1 rings (SSSR count). The van der Waals surface area contributed by atoms with Gasteiger partial charge in [0.05, 0.1) is 0 Å². The molecule has 0 saturated heterocycles. The lowest BCUT2D eigenvalue weighted by molar-refractivity contribution is -0.168. The summed E-state index contributed by atoms with van der Waals surface area (Å²) in [6.07, 6.45) is -3.10. The molecule has 0 aliphatic carbocycles. The number of nitrogens with one attached hydrogen (secondary N) is 1. The van der Waals surface area contributed by atoms with Gasteiger partial charge in [-0.15, -0.1) is 0 Å². The van der Waals surface area contributed by atoms with E-state index in [1.54, 1.807) is 0 Å². The summed E-state index contributed by atoms with van der Waals surface area (Å²) >= 11 is 0.894. The number of alkyl halides is 3. The summed E-state index contributed by atoms with van der Waals surface area (Å²) in [5.74, 6) is 0. The smallest absolute Gasteiger partial charge is 0.347 e. The highest BCUT2D eigenvalue weighted by Gasteiger charge is 2.47. The van der Waals surface area contributed by atoms with Gasteiger partial charge < -0.3 is 5.32 Å². The van der Waals surface area contributed by atoms with E-state index in [0.29, 0.717) is 0 Å². The van der Waals surface area contributed by atoms with Crippen molar-refractivity contribution in [2.75, 3.05) is 5.32 Å². The van der Waals surface area contributed by atoms with Crippen molar-refractivity contribution >= 4 is 16.7 Å². The quantitative estimate of drug-likeness (QED) is 0.815. The monoisotopic (exact) mass is 211 g/mol. The highest BCUT2D eigenvalue weighted by Crippen LogP contribution is 2.32. The standard InChI is InChI=1S/C6H8F3N3S/c1-5(2,6(7,8)9)12-4-10-3-11-13-4/h3H,1-2H3,(H,10,11,12). The van der Waals surface area contributed by atoms with Crippen LogP contribution in [0.1, 0.15) is 13.8 Å². The molecule has 3 nitrogen and oxygen atoms in total. The Labute approximate surface area is 77.2 Å². The van der Waals surface area contributed by atoms with Crippen LogP contribution >= 0.6 is 11.5 Å². The van der Waals surface area contributed by atoms with Gasteiger partial charge in [0, 0.05) is 11.5 Å². The summed E-state index contributed by atoms with van der Waals surface area (Å²) in [4.78, 5) is 3.61. The Morgan fingerprint density at radius 3 is 2.38 bits per heavy atom. The second-order valence-corrected chi connectivity index (χ2v) is 3.77. The molecule has 1 aromatic heterocycles. The Kier molecular flexibility index (Phi) is 2.47. The molecule has 0 amide bonds. The van der Waals surface area contributed by atoms with Crippen molar-refractivity contribution in [2.45, 2.75) is 25.6 Å². The highest BCUT2D eigenvalue weighted by atomic mass is 32.1. The second kappa shape index (κ2) is 3.13. The summed E-state index contributed by atoms with van der Waals surface area (Å²) in [7, 11) is 0. The predicted octanol–water partition coefficient (Wildman–Crippen LogP) is 2.29. The fourth-order valence-corrected chi connectivity index (χ4v) is 1.16.